The average Bonchev–Trinajstić information content (AvgIpc) is 2.81. The van der Waals surface area contributed by atoms with Crippen LogP contribution in [-0.4, -0.2) is 46.8 Å². The molecule has 0 bridgehead atoms. The highest BCUT2D eigenvalue weighted by atomic mass is 19.4. The minimum Gasteiger partial charge on any atom is -0.322 e. The van der Waals surface area contributed by atoms with Crippen LogP contribution in [0.5, 0.6) is 0 Å². The number of halogens is 3. The van der Waals surface area contributed by atoms with Gasteiger partial charge < -0.3 is 15.2 Å². The summed E-state index contributed by atoms with van der Waals surface area (Å²) in [6.45, 7) is 6.96. The number of carbonyl (C=O) groups is 1. The third kappa shape index (κ3) is 5.71. The second-order valence-electron chi connectivity index (χ2n) is 11.0. The molecule has 0 saturated heterocycles. The van der Waals surface area contributed by atoms with Crippen molar-refractivity contribution < 1.29 is 18.0 Å². The molecule has 0 radical (unpaired) electrons. The normalized spacial score (nSPS) is 21.6. The van der Waals surface area contributed by atoms with Crippen molar-refractivity contribution in [2.45, 2.75) is 71.3 Å². The molecule has 2 aromatic rings. The molecule has 1 unspecified atom stereocenters. The number of amides is 1. The summed E-state index contributed by atoms with van der Waals surface area (Å²) in [6.07, 6.45) is 0.177. The van der Waals surface area contributed by atoms with Crippen LogP contribution in [0.25, 0.3) is 0 Å². The Kier molecular flexibility index (Phi) is 7.59. The maximum atomic E-state index is 13.2. The number of nitrogens with one attached hydrogen (secondary N) is 2. The van der Waals surface area contributed by atoms with E-state index in [1.807, 2.05) is 50.9 Å². The number of anilines is 1. The van der Waals surface area contributed by atoms with Gasteiger partial charge in [0.05, 0.1) is 12.5 Å². The molecule has 38 heavy (non-hydrogen) atoms. The number of benzene rings is 1. The molecule has 1 saturated carbocycles. The van der Waals surface area contributed by atoms with Crippen LogP contribution in [0, 0.1) is 11.8 Å². The number of alkyl halides is 3. The Bertz CT molecular complexity index is 1330. The monoisotopic (exact) mass is 530 g/mol. The molecule has 1 aromatic carbocycles. The molecule has 4 rings (SSSR count). The van der Waals surface area contributed by atoms with Crippen molar-refractivity contribution in [1.29, 1.82) is 0 Å². The number of nitrogens with zero attached hydrogens (tertiary/aromatic N) is 3. The molecule has 1 aromatic heterocycles. The molecule has 2 aliphatic rings. The van der Waals surface area contributed by atoms with Gasteiger partial charge in [0.25, 0.3) is 17.8 Å². The van der Waals surface area contributed by atoms with Gasteiger partial charge in [-0.2, -0.15) is 13.2 Å². The van der Waals surface area contributed by atoms with E-state index in [1.165, 1.54) is 12.3 Å². The van der Waals surface area contributed by atoms with Crippen LogP contribution in [0.4, 0.5) is 18.9 Å². The summed E-state index contributed by atoms with van der Waals surface area (Å²) in [7, 11) is 1.95. The van der Waals surface area contributed by atoms with Gasteiger partial charge >= 0.3 is 12.0 Å². The molecule has 7 nitrogen and oxygen atoms in total. The van der Waals surface area contributed by atoms with E-state index >= 15 is 0 Å². The van der Waals surface area contributed by atoms with E-state index in [4.69, 9.17) is 0 Å². The average molecular weight is 531 g/mol. The van der Waals surface area contributed by atoms with Crippen LogP contribution in [0.3, 0.4) is 0 Å². The van der Waals surface area contributed by atoms with Crippen molar-refractivity contribution in [1.82, 2.24) is 19.5 Å². The number of rotatable bonds is 9. The molecule has 1 amide bonds. The first-order valence-electron chi connectivity index (χ1n) is 12.9. The topological polar surface area (TPSA) is 80.5 Å². The van der Waals surface area contributed by atoms with Crippen molar-refractivity contribution in [2.75, 3.05) is 12.4 Å². The van der Waals surface area contributed by atoms with E-state index in [1.54, 1.807) is 12.4 Å². The van der Waals surface area contributed by atoms with Crippen molar-refractivity contribution >= 4 is 23.8 Å². The van der Waals surface area contributed by atoms with Gasteiger partial charge in [-0.1, -0.05) is 32.9 Å². The second-order valence-corrected chi connectivity index (χ2v) is 11.0. The predicted octanol–water partition coefficient (Wildman–Crippen LogP) is 3.90. The maximum Gasteiger partial charge on any atom is 0.406 e. The molecule has 0 spiro atoms. The number of hydrogen-bond acceptors (Lipinski definition) is 4. The summed E-state index contributed by atoms with van der Waals surface area (Å²) >= 11 is 0. The Morgan fingerprint density at radius 1 is 1.21 bits per heavy atom. The van der Waals surface area contributed by atoms with E-state index in [9.17, 15) is 22.8 Å². The number of amidine groups is 1. The van der Waals surface area contributed by atoms with Gasteiger partial charge in [0.2, 0.25) is 0 Å². The molecule has 204 valence electrons. The number of pyridine rings is 1. The second kappa shape index (κ2) is 10.4. The van der Waals surface area contributed by atoms with Gasteiger partial charge in [-0.25, -0.2) is 9.57 Å². The van der Waals surface area contributed by atoms with Crippen LogP contribution in [0.2, 0.25) is 0 Å². The third-order valence-corrected chi connectivity index (χ3v) is 7.55. The van der Waals surface area contributed by atoms with Crippen LogP contribution in [0.1, 0.15) is 62.0 Å². The Hall–Kier alpha value is -3.36. The molecule has 1 atom stereocenters. The summed E-state index contributed by atoms with van der Waals surface area (Å²) < 4.78 is 44.7. The summed E-state index contributed by atoms with van der Waals surface area (Å²) in [5.41, 5.74) is 0.327. The van der Waals surface area contributed by atoms with Gasteiger partial charge in [0.1, 0.15) is 12.1 Å². The fraction of sp³-hybridized carbons (Fsp3) is 0.500. The smallest absolute Gasteiger partial charge is 0.322 e. The molecule has 2 heterocycles. The highest BCUT2D eigenvalue weighted by Gasteiger charge is 2.54. The van der Waals surface area contributed by atoms with E-state index in [2.05, 4.69) is 22.2 Å². The number of hydrogen-bond donors (Lipinski definition) is 2. The van der Waals surface area contributed by atoms with Crippen molar-refractivity contribution in [3.8, 4) is 0 Å². The maximum absolute atomic E-state index is 13.2. The molecule has 1 fully saturated rings. The highest BCUT2D eigenvalue weighted by molar-refractivity contribution is 6.07. The van der Waals surface area contributed by atoms with Crippen LogP contribution in [-0.2, 0) is 18.5 Å². The standard InChI is InChI=1S/C28H34F3N5O2/c1-17(2)19(4)32-13-20-9-23(25(38)36(14-20)15-28(29,30)31)24(37)34-22-8-6-7-21(10-22)27(11-18(3)12-27)26-33-16-35(26)5/h6-10,14,16-19,32H,11-13,15H2,1-5H3/p+1. The number of likely N-dealkylation sites (N-methyl/N-ethyl adjacent to an activating group) is 1. The molecule has 1 aliphatic heterocycles. The fourth-order valence-corrected chi connectivity index (χ4v) is 5.24. The zero-order chi connectivity index (χ0) is 27.8. The highest BCUT2D eigenvalue weighted by Crippen LogP contribution is 2.49. The van der Waals surface area contributed by atoms with Crippen molar-refractivity contribution in [3.05, 3.63) is 63.6 Å². The fourth-order valence-electron chi connectivity index (χ4n) is 5.24. The van der Waals surface area contributed by atoms with E-state index in [-0.39, 0.29) is 23.6 Å². The lowest BCUT2D eigenvalue weighted by atomic mass is 9.58. The first-order valence-corrected chi connectivity index (χ1v) is 12.9. The Morgan fingerprint density at radius 3 is 2.47 bits per heavy atom. The lowest BCUT2D eigenvalue weighted by Crippen LogP contribution is -2.57. The SMILES string of the molecule is CC1CC(C2=[N+]=CN2C)(c2cccc(NC(=O)c3cc(CNC(C)C(C)C)cn(CC(F)(F)F)c3=O)c2)C1. The Morgan fingerprint density at radius 2 is 1.92 bits per heavy atom. The molecule has 10 heteroatoms. The summed E-state index contributed by atoms with van der Waals surface area (Å²) in [5.74, 6) is 1.07. The number of carbonyl (C=O) groups excluding carboxylic acids is 1. The van der Waals surface area contributed by atoms with E-state index in [0.717, 1.165) is 24.2 Å². The predicted molar refractivity (Wildman–Crippen MR) is 143 cm³/mol. The first-order chi connectivity index (χ1) is 17.8. The lowest BCUT2D eigenvalue weighted by Gasteiger charge is -2.46. The largest absolute Gasteiger partial charge is 0.406 e. The lowest BCUT2D eigenvalue weighted by molar-refractivity contribution is -0.141. The van der Waals surface area contributed by atoms with Crippen LogP contribution >= 0.6 is 0 Å². The molecular formula is C28H35F3N5O2+. The van der Waals surface area contributed by atoms with Gasteiger partial charge in [0, 0.05) is 24.5 Å². The van der Waals surface area contributed by atoms with Crippen molar-refractivity contribution in [2.24, 2.45) is 11.8 Å². The zero-order valence-corrected chi connectivity index (χ0v) is 22.4. The minimum absolute atomic E-state index is 0.0940. The van der Waals surface area contributed by atoms with Crippen molar-refractivity contribution in [3.63, 3.8) is 0 Å². The van der Waals surface area contributed by atoms with Crippen LogP contribution < -0.4 is 20.9 Å². The van der Waals surface area contributed by atoms with E-state index in [0.29, 0.717) is 27.7 Å². The van der Waals surface area contributed by atoms with Gasteiger partial charge in [-0.3, -0.25) is 9.59 Å². The van der Waals surface area contributed by atoms with Crippen LogP contribution in [0.15, 0.2) is 41.3 Å². The summed E-state index contributed by atoms with van der Waals surface area (Å²) in [6, 6.07) is 8.86. The minimum atomic E-state index is -4.60. The third-order valence-electron chi connectivity index (χ3n) is 7.55. The van der Waals surface area contributed by atoms with Gasteiger partial charge in [-0.05, 0) is 60.9 Å². The summed E-state index contributed by atoms with van der Waals surface area (Å²) in [5, 5.41) is 5.99. The molecule has 2 N–H and O–H groups in total. The molecule has 1 aliphatic carbocycles. The first kappa shape index (κ1) is 27.7. The Balaban J connectivity index is 1.62. The Labute approximate surface area is 220 Å². The summed E-state index contributed by atoms with van der Waals surface area (Å²) in [4.78, 5) is 28.2. The van der Waals surface area contributed by atoms with Gasteiger partial charge in [0.15, 0.2) is 0 Å². The van der Waals surface area contributed by atoms with E-state index < -0.39 is 24.2 Å². The zero-order valence-electron chi connectivity index (χ0n) is 22.4. The number of aromatic nitrogens is 1. The quantitative estimate of drug-likeness (QED) is 0.482. The van der Waals surface area contributed by atoms with Gasteiger partial charge in [-0.15, -0.1) is 0 Å². The molecular weight excluding hydrogens is 495 g/mol.